The molecule has 0 unspecified atom stereocenters. The number of hydrogen-bond acceptors (Lipinski definition) is 6. The maximum atomic E-state index is 12.9. The van der Waals surface area contributed by atoms with E-state index in [0.29, 0.717) is 16.5 Å². The number of aromatic nitrogens is 1. The third kappa shape index (κ3) is 6.02. The SMILES string of the molecule is Cc1cccc(O[C@@H](C)C(=O)NNC(=O)c2csc(COc3ccc(F)cc3)n2)c1C. The third-order valence-corrected chi connectivity index (χ3v) is 5.31. The molecule has 3 rings (SSSR count). The molecule has 1 aromatic heterocycles. The number of aryl methyl sites for hydroxylation is 1. The van der Waals surface area contributed by atoms with Gasteiger partial charge in [0.15, 0.2) is 6.10 Å². The van der Waals surface area contributed by atoms with Gasteiger partial charge >= 0.3 is 0 Å². The maximum Gasteiger partial charge on any atom is 0.289 e. The molecule has 0 aliphatic carbocycles. The number of nitrogens with zero attached hydrogens (tertiary/aromatic N) is 1. The van der Waals surface area contributed by atoms with Gasteiger partial charge in [-0.2, -0.15) is 0 Å². The van der Waals surface area contributed by atoms with Crippen molar-refractivity contribution in [1.29, 1.82) is 0 Å². The Morgan fingerprint density at radius 1 is 1.13 bits per heavy atom. The Hall–Kier alpha value is -3.46. The zero-order valence-corrected chi connectivity index (χ0v) is 18.1. The molecule has 0 aliphatic heterocycles. The van der Waals surface area contributed by atoms with Gasteiger partial charge in [-0.3, -0.25) is 20.4 Å². The Kier molecular flexibility index (Phi) is 7.19. The highest BCUT2D eigenvalue weighted by atomic mass is 32.1. The van der Waals surface area contributed by atoms with E-state index in [0.717, 1.165) is 11.1 Å². The zero-order chi connectivity index (χ0) is 22.4. The van der Waals surface area contributed by atoms with E-state index in [1.54, 1.807) is 18.4 Å². The lowest BCUT2D eigenvalue weighted by atomic mass is 10.1. The summed E-state index contributed by atoms with van der Waals surface area (Å²) in [5.41, 5.74) is 6.82. The van der Waals surface area contributed by atoms with Gasteiger partial charge in [-0.05, 0) is 62.2 Å². The van der Waals surface area contributed by atoms with E-state index in [4.69, 9.17) is 9.47 Å². The van der Waals surface area contributed by atoms with E-state index >= 15 is 0 Å². The standard InChI is InChI=1S/C22H22FN3O4S/c1-13-5-4-6-19(14(13)2)30-15(3)21(27)25-26-22(28)18-12-31-20(24-18)11-29-17-9-7-16(23)8-10-17/h4-10,12,15H,11H2,1-3H3,(H,25,27)(H,26,28)/t15-/m0/s1. The summed E-state index contributed by atoms with van der Waals surface area (Å²) in [6, 6.07) is 11.2. The van der Waals surface area contributed by atoms with E-state index in [1.807, 2.05) is 26.0 Å². The van der Waals surface area contributed by atoms with Crippen LogP contribution in [0.15, 0.2) is 47.8 Å². The van der Waals surface area contributed by atoms with Gasteiger partial charge in [0.25, 0.3) is 11.8 Å². The first kappa shape index (κ1) is 22.2. The summed E-state index contributed by atoms with van der Waals surface area (Å²) in [6.07, 6.45) is -0.809. The van der Waals surface area contributed by atoms with E-state index < -0.39 is 17.9 Å². The van der Waals surface area contributed by atoms with Crippen LogP contribution >= 0.6 is 11.3 Å². The molecule has 1 heterocycles. The maximum absolute atomic E-state index is 12.9. The van der Waals surface area contributed by atoms with Crippen molar-refractivity contribution in [2.75, 3.05) is 0 Å². The Morgan fingerprint density at radius 3 is 2.61 bits per heavy atom. The second-order valence-electron chi connectivity index (χ2n) is 6.77. The van der Waals surface area contributed by atoms with Gasteiger partial charge in [0.05, 0.1) is 0 Å². The van der Waals surface area contributed by atoms with Crippen LogP contribution < -0.4 is 20.3 Å². The highest BCUT2D eigenvalue weighted by Gasteiger charge is 2.18. The number of rotatable bonds is 7. The molecule has 0 aliphatic rings. The molecule has 162 valence electrons. The monoisotopic (exact) mass is 443 g/mol. The average Bonchev–Trinajstić information content (AvgIpc) is 3.23. The lowest BCUT2D eigenvalue weighted by molar-refractivity contribution is -0.128. The van der Waals surface area contributed by atoms with Crippen LogP contribution in [-0.2, 0) is 11.4 Å². The normalized spacial score (nSPS) is 11.5. The molecule has 9 heteroatoms. The van der Waals surface area contributed by atoms with E-state index in [9.17, 15) is 14.0 Å². The number of ether oxygens (including phenoxy) is 2. The smallest absolute Gasteiger partial charge is 0.289 e. The van der Waals surface area contributed by atoms with Crippen molar-refractivity contribution < 1.29 is 23.5 Å². The van der Waals surface area contributed by atoms with Crippen molar-refractivity contribution in [2.45, 2.75) is 33.5 Å². The molecular formula is C22H22FN3O4S. The molecule has 7 nitrogen and oxygen atoms in total. The number of hydrazine groups is 1. The molecule has 0 fully saturated rings. The molecule has 0 radical (unpaired) electrons. The van der Waals surface area contributed by atoms with Gasteiger partial charge in [-0.1, -0.05) is 12.1 Å². The van der Waals surface area contributed by atoms with Gasteiger partial charge in [-0.15, -0.1) is 11.3 Å². The second kappa shape index (κ2) is 10.0. The van der Waals surface area contributed by atoms with Gasteiger partial charge in [-0.25, -0.2) is 9.37 Å². The molecule has 0 saturated heterocycles. The number of nitrogens with one attached hydrogen (secondary N) is 2. The second-order valence-corrected chi connectivity index (χ2v) is 7.71. The minimum Gasteiger partial charge on any atom is -0.486 e. The molecule has 0 bridgehead atoms. The van der Waals surface area contributed by atoms with Crippen LogP contribution in [0, 0.1) is 19.7 Å². The number of thiazole rings is 1. The number of amides is 2. The lowest BCUT2D eigenvalue weighted by Gasteiger charge is -2.17. The molecule has 2 N–H and O–H groups in total. The van der Waals surface area contributed by atoms with Gasteiger partial charge in [0, 0.05) is 5.38 Å². The highest BCUT2D eigenvalue weighted by Crippen LogP contribution is 2.21. The van der Waals surface area contributed by atoms with Crippen molar-refractivity contribution in [2.24, 2.45) is 0 Å². The first-order valence-electron chi connectivity index (χ1n) is 9.49. The third-order valence-electron chi connectivity index (χ3n) is 4.49. The zero-order valence-electron chi connectivity index (χ0n) is 17.3. The quantitative estimate of drug-likeness (QED) is 0.544. The number of carbonyl (C=O) groups excluding carboxylic acids is 2. The molecule has 2 aromatic carbocycles. The predicted octanol–water partition coefficient (Wildman–Crippen LogP) is 3.71. The molecule has 3 aromatic rings. The average molecular weight is 444 g/mol. The van der Waals surface area contributed by atoms with Crippen LogP contribution in [0.4, 0.5) is 4.39 Å². The van der Waals surface area contributed by atoms with E-state index in [1.165, 1.54) is 35.6 Å². The predicted molar refractivity (Wildman–Crippen MR) is 114 cm³/mol. The Bertz CT molecular complexity index is 1070. The Balaban J connectivity index is 1.48. The molecule has 0 spiro atoms. The fourth-order valence-electron chi connectivity index (χ4n) is 2.54. The van der Waals surface area contributed by atoms with E-state index in [-0.39, 0.29) is 18.1 Å². The van der Waals surface area contributed by atoms with Crippen molar-refractivity contribution in [3.8, 4) is 11.5 Å². The molecule has 31 heavy (non-hydrogen) atoms. The number of halogens is 1. The minimum atomic E-state index is -0.809. The first-order valence-corrected chi connectivity index (χ1v) is 10.4. The summed E-state index contributed by atoms with van der Waals surface area (Å²) in [5.74, 6) is -0.302. The molecule has 1 atom stereocenters. The van der Waals surface area contributed by atoms with Crippen LogP contribution in [0.5, 0.6) is 11.5 Å². The van der Waals surface area contributed by atoms with Gasteiger partial charge in [0.1, 0.15) is 34.6 Å². The highest BCUT2D eigenvalue weighted by molar-refractivity contribution is 7.09. The summed E-state index contributed by atoms with van der Waals surface area (Å²) in [5, 5.41) is 2.12. The van der Waals surface area contributed by atoms with Crippen LogP contribution in [0.25, 0.3) is 0 Å². The van der Waals surface area contributed by atoms with E-state index in [2.05, 4.69) is 15.8 Å². The molecule has 2 amide bonds. The first-order chi connectivity index (χ1) is 14.8. The van der Waals surface area contributed by atoms with Crippen LogP contribution in [0.2, 0.25) is 0 Å². The summed E-state index contributed by atoms with van der Waals surface area (Å²) in [7, 11) is 0. The minimum absolute atomic E-state index is 0.136. The fourth-order valence-corrected chi connectivity index (χ4v) is 3.22. The van der Waals surface area contributed by atoms with Crippen molar-refractivity contribution in [1.82, 2.24) is 15.8 Å². The van der Waals surface area contributed by atoms with Crippen LogP contribution in [-0.4, -0.2) is 22.9 Å². The summed E-state index contributed by atoms with van der Waals surface area (Å²) in [4.78, 5) is 28.7. The topological polar surface area (TPSA) is 89.6 Å². The number of hydrogen-bond donors (Lipinski definition) is 2. The number of carbonyl (C=O) groups is 2. The fraction of sp³-hybridized carbons (Fsp3) is 0.227. The van der Waals surface area contributed by atoms with Crippen molar-refractivity contribution in [3.63, 3.8) is 0 Å². The summed E-state index contributed by atoms with van der Waals surface area (Å²) in [6.45, 7) is 5.60. The number of benzene rings is 2. The molecule has 0 saturated carbocycles. The van der Waals surface area contributed by atoms with Crippen molar-refractivity contribution in [3.05, 3.63) is 75.5 Å². The van der Waals surface area contributed by atoms with Crippen LogP contribution in [0.1, 0.15) is 33.5 Å². The Labute approximate surface area is 183 Å². The largest absolute Gasteiger partial charge is 0.486 e. The van der Waals surface area contributed by atoms with Gasteiger partial charge in [0.2, 0.25) is 0 Å². The van der Waals surface area contributed by atoms with Crippen LogP contribution in [0.3, 0.4) is 0 Å². The van der Waals surface area contributed by atoms with Crippen molar-refractivity contribution >= 4 is 23.2 Å². The Morgan fingerprint density at radius 2 is 1.87 bits per heavy atom. The molecular weight excluding hydrogens is 421 g/mol. The van der Waals surface area contributed by atoms with Gasteiger partial charge < -0.3 is 9.47 Å². The summed E-state index contributed by atoms with van der Waals surface area (Å²) >= 11 is 1.24. The summed E-state index contributed by atoms with van der Waals surface area (Å²) < 4.78 is 24.1. The lowest BCUT2D eigenvalue weighted by Crippen LogP contribution is -2.47.